The van der Waals surface area contributed by atoms with Crippen LogP contribution in [0.4, 0.5) is 4.79 Å². The fourth-order valence-corrected chi connectivity index (χ4v) is 6.32. The lowest BCUT2D eigenvalue weighted by molar-refractivity contribution is -0.263. The molecule has 0 unspecified atom stereocenters. The van der Waals surface area contributed by atoms with Crippen LogP contribution in [0.25, 0.3) is 31.3 Å². The van der Waals surface area contributed by atoms with Gasteiger partial charge in [0.15, 0.2) is 6.29 Å². The Morgan fingerprint density at radius 3 is 2.15 bits per heavy atom. The number of benzene rings is 2. The van der Waals surface area contributed by atoms with Gasteiger partial charge in [-0.15, -0.1) is 0 Å². The quantitative estimate of drug-likeness (QED) is 0.0608. The molecule has 0 radical (unpaired) electrons. The van der Waals surface area contributed by atoms with Crippen LogP contribution in [0.3, 0.4) is 0 Å². The molecule has 2 fully saturated rings. The second-order valence-electron chi connectivity index (χ2n) is 12.5. The van der Waals surface area contributed by atoms with Gasteiger partial charge in [-0.1, -0.05) is 89.4 Å². The van der Waals surface area contributed by atoms with Crippen molar-refractivity contribution in [2.45, 2.75) is 114 Å². The zero-order valence-electron chi connectivity index (χ0n) is 29.1. The monoisotopic (exact) mass is 720 g/mol. The molecule has 1 saturated carbocycles. The van der Waals surface area contributed by atoms with Crippen LogP contribution in [-0.4, -0.2) is 90.2 Å². The van der Waals surface area contributed by atoms with Crippen molar-refractivity contribution in [2.24, 2.45) is 15.3 Å². The Bertz CT molecular complexity index is 1590. The minimum Gasteiger partial charge on any atom is -0.459 e. The topological polar surface area (TPSA) is 250 Å². The number of carbonyl (C=O) groups excluding carboxylic acids is 2. The highest BCUT2D eigenvalue weighted by molar-refractivity contribution is 5.68. The third kappa shape index (κ3) is 11.2. The largest absolute Gasteiger partial charge is 0.459 e. The van der Waals surface area contributed by atoms with E-state index in [4.69, 9.17) is 29.2 Å². The molecule has 1 aliphatic heterocycles. The summed E-state index contributed by atoms with van der Waals surface area (Å²) in [5.41, 5.74) is 29.5. The van der Waals surface area contributed by atoms with Gasteiger partial charge in [0.2, 0.25) is 0 Å². The molecule has 4 rings (SSSR count). The van der Waals surface area contributed by atoms with E-state index in [0.717, 1.165) is 30.9 Å². The molecule has 18 nitrogen and oxygen atoms in total. The standard InChI is InChI=1S/C34H44N10O8/c1-3-4-17-48-21-28(44(19-23-11-7-5-8-12-23)34(47)49-20-24-13-9-6-10-14-24)29-16-15-25(38-41-35)33(51-29)52-32-27(40-43-37)18-26(39-42-36)31(30(32)46)50-22(2)45/h5-14,25-33,46H,3-4,15-21H2,1-2H3/t25-,26-,27+,28-,29+,30-,31+,32-,33-/m1/s1. The average Bonchev–Trinajstić information content (AvgIpc) is 3.15. The van der Waals surface area contributed by atoms with Gasteiger partial charge in [0.25, 0.3) is 0 Å². The number of aliphatic hydroxyl groups excluding tert-OH is 1. The number of azide groups is 3. The maximum Gasteiger partial charge on any atom is 0.410 e. The minimum absolute atomic E-state index is 0.0330. The normalized spacial score (nSPS) is 26.0. The van der Waals surface area contributed by atoms with Crippen molar-refractivity contribution < 1.29 is 38.4 Å². The summed E-state index contributed by atoms with van der Waals surface area (Å²) in [4.78, 5) is 36.1. The van der Waals surface area contributed by atoms with E-state index in [9.17, 15) is 25.8 Å². The fourth-order valence-electron chi connectivity index (χ4n) is 6.32. The molecule has 0 bridgehead atoms. The SMILES string of the molecule is CCCCOC[C@H]([C@@H]1CC[C@@H](N=[N+]=[N-])[C@@H](O[C@H]2[C@H](O)[C@@H](OC(C)=O)[C@H](N=[N+]=[N-])C[C@@H]2N=[N+]=[N-])O1)N(Cc1ccccc1)C(=O)OCc1ccccc1. The Hall–Kier alpha value is -5.05. The fraction of sp³-hybridized carbons (Fsp3) is 0.588. The molecule has 0 spiro atoms. The van der Waals surface area contributed by atoms with E-state index < -0.39 is 66.9 Å². The molecule has 1 saturated heterocycles. The highest BCUT2D eigenvalue weighted by atomic mass is 16.7. The summed E-state index contributed by atoms with van der Waals surface area (Å²) in [5, 5.41) is 22.7. The van der Waals surface area contributed by atoms with Crippen molar-refractivity contribution in [2.75, 3.05) is 13.2 Å². The highest BCUT2D eigenvalue weighted by Crippen LogP contribution is 2.35. The van der Waals surface area contributed by atoms with Gasteiger partial charge in [-0.05, 0) is 53.4 Å². The van der Waals surface area contributed by atoms with Crippen molar-refractivity contribution in [3.63, 3.8) is 0 Å². The van der Waals surface area contributed by atoms with Crippen LogP contribution < -0.4 is 0 Å². The molecule has 2 aromatic carbocycles. The smallest absolute Gasteiger partial charge is 0.410 e. The van der Waals surface area contributed by atoms with Gasteiger partial charge in [0.1, 0.15) is 18.8 Å². The molecule has 18 heteroatoms. The maximum absolute atomic E-state index is 14.0. The van der Waals surface area contributed by atoms with Crippen molar-refractivity contribution in [3.8, 4) is 0 Å². The Labute approximate surface area is 300 Å². The predicted molar refractivity (Wildman–Crippen MR) is 186 cm³/mol. The van der Waals surface area contributed by atoms with Crippen LogP contribution in [0, 0.1) is 0 Å². The highest BCUT2D eigenvalue weighted by Gasteiger charge is 2.49. The molecular weight excluding hydrogens is 676 g/mol. The second-order valence-corrected chi connectivity index (χ2v) is 12.5. The van der Waals surface area contributed by atoms with E-state index in [0.29, 0.717) is 13.0 Å². The molecule has 2 aliphatic rings. The summed E-state index contributed by atoms with van der Waals surface area (Å²) in [7, 11) is 0. The summed E-state index contributed by atoms with van der Waals surface area (Å²) in [6.07, 6.45) is -4.81. The van der Waals surface area contributed by atoms with E-state index in [1.807, 2.05) is 67.6 Å². The Kier molecular flexibility index (Phi) is 15.8. The molecule has 9 atom stereocenters. The van der Waals surface area contributed by atoms with Crippen molar-refractivity contribution >= 4 is 12.1 Å². The number of ether oxygens (including phenoxy) is 5. The number of carbonyl (C=O) groups is 2. The molecule has 278 valence electrons. The van der Waals surface area contributed by atoms with Gasteiger partial charge in [0, 0.05) is 34.8 Å². The number of hydrogen-bond acceptors (Lipinski definition) is 11. The van der Waals surface area contributed by atoms with E-state index in [1.54, 1.807) is 4.90 Å². The van der Waals surface area contributed by atoms with Gasteiger partial charge in [-0.25, -0.2) is 4.79 Å². The van der Waals surface area contributed by atoms with E-state index in [2.05, 4.69) is 30.1 Å². The van der Waals surface area contributed by atoms with Crippen LogP contribution in [0.1, 0.15) is 57.1 Å². The van der Waals surface area contributed by atoms with Gasteiger partial charge < -0.3 is 28.8 Å². The number of unbranched alkanes of at least 4 members (excludes halogenated alkanes) is 1. The summed E-state index contributed by atoms with van der Waals surface area (Å²) >= 11 is 0. The molecule has 52 heavy (non-hydrogen) atoms. The number of rotatable bonds is 17. The molecule has 1 heterocycles. The molecular formula is C34H44N10O8. The van der Waals surface area contributed by atoms with Crippen LogP contribution in [-0.2, 0) is 41.6 Å². The van der Waals surface area contributed by atoms with Gasteiger partial charge >= 0.3 is 12.1 Å². The van der Waals surface area contributed by atoms with E-state index in [-0.39, 0.29) is 32.6 Å². The summed E-state index contributed by atoms with van der Waals surface area (Å²) in [5.74, 6) is -0.743. The number of nitrogens with zero attached hydrogens (tertiary/aromatic N) is 10. The molecule has 0 aromatic heterocycles. The third-order valence-electron chi connectivity index (χ3n) is 8.87. The third-order valence-corrected chi connectivity index (χ3v) is 8.87. The summed E-state index contributed by atoms with van der Waals surface area (Å²) in [6.45, 7) is 3.88. The Morgan fingerprint density at radius 1 is 0.923 bits per heavy atom. The second kappa shape index (κ2) is 20.7. The number of esters is 1. The Morgan fingerprint density at radius 2 is 1.54 bits per heavy atom. The first-order chi connectivity index (χ1) is 25.3. The van der Waals surface area contributed by atoms with Gasteiger partial charge in [-0.3, -0.25) is 9.69 Å². The maximum atomic E-state index is 14.0. The molecule has 1 N–H and O–H groups in total. The van der Waals surface area contributed by atoms with Crippen LogP contribution in [0.5, 0.6) is 0 Å². The van der Waals surface area contributed by atoms with Gasteiger partial charge in [0.05, 0.1) is 43.0 Å². The first kappa shape index (κ1) is 39.7. The number of amides is 1. The van der Waals surface area contributed by atoms with Crippen LogP contribution in [0.15, 0.2) is 76.0 Å². The van der Waals surface area contributed by atoms with E-state index in [1.165, 1.54) is 0 Å². The lowest BCUT2D eigenvalue weighted by Gasteiger charge is -2.45. The lowest BCUT2D eigenvalue weighted by Crippen LogP contribution is -2.60. The number of hydrogen-bond donors (Lipinski definition) is 1. The summed E-state index contributed by atoms with van der Waals surface area (Å²) < 4.78 is 30.0. The molecule has 1 aliphatic carbocycles. The minimum atomic E-state index is -1.63. The zero-order chi connectivity index (χ0) is 37.3. The van der Waals surface area contributed by atoms with E-state index >= 15 is 0 Å². The number of aliphatic hydroxyl groups is 1. The first-order valence-corrected chi connectivity index (χ1v) is 17.2. The summed E-state index contributed by atoms with van der Waals surface area (Å²) in [6, 6.07) is 14.9. The zero-order valence-corrected chi connectivity index (χ0v) is 29.1. The Balaban J connectivity index is 1.67. The molecule has 1 amide bonds. The van der Waals surface area contributed by atoms with Crippen LogP contribution >= 0.6 is 0 Å². The van der Waals surface area contributed by atoms with Crippen molar-refractivity contribution in [1.82, 2.24) is 4.90 Å². The van der Waals surface area contributed by atoms with Gasteiger partial charge in [-0.2, -0.15) is 0 Å². The predicted octanol–water partition coefficient (Wildman–Crippen LogP) is 6.63. The average molecular weight is 721 g/mol. The first-order valence-electron chi connectivity index (χ1n) is 17.2. The molecule has 2 aromatic rings. The van der Waals surface area contributed by atoms with Crippen LogP contribution in [0.2, 0.25) is 0 Å². The van der Waals surface area contributed by atoms with Crippen molar-refractivity contribution in [1.29, 1.82) is 0 Å². The van der Waals surface area contributed by atoms with Crippen molar-refractivity contribution in [3.05, 3.63) is 103 Å². The lowest BCUT2D eigenvalue weighted by atomic mass is 9.84.